The van der Waals surface area contributed by atoms with Gasteiger partial charge in [-0.25, -0.2) is 0 Å². The molecule has 2 rings (SSSR count). The van der Waals surface area contributed by atoms with Gasteiger partial charge in [-0.3, -0.25) is 4.98 Å². The summed E-state index contributed by atoms with van der Waals surface area (Å²) in [6.07, 6.45) is 3.05. The number of benzene rings is 1. The molecule has 0 bridgehead atoms. The van der Waals surface area contributed by atoms with Gasteiger partial charge in [-0.2, -0.15) is 0 Å². The number of amidine groups is 1. The van der Waals surface area contributed by atoms with E-state index in [-0.39, 0.29) is 5.84 Å². The van der Waals surface area contributed by atoms with Gasteiger partial charge < -0.3 is 20.4 Å². The zero-order valence-corrected chi connectivity index (χ0v) is 11.0. The Morgan fingerprint density at radius 3 is 3.00 bits per heavy atom. The first-order valence-electron chi connectivity index (χ1n) is 5.92. The number of rotatable bonds is 5. The second-order valence-corrected chi connectivity index (χ2v) is 4.04. The molecule has 0 fully saturated rings. The van der Waals surface area contributed by atoms with E-state index in [0.717, 1.165) is 5.56 Å². The zero-order chi connectivity index (χ0) is 14.4. The van der Waals surface area contributed by atoms with Crippen molar-refractivity contribution in [3.05, 3.63) is 53.9 Å². The second kappa shape index (κ2) is 6.53. The van der Waals surface area contributed by atoms with Gasteiger partial charge in [0.15, 0.2) is 11.6 Å². The molecule has 104 valence electrons. The molecule has 0 aliphatic carbocycles. The third-order valence-corrected chi connectivity index (χ3v) is 2.61. The topological polar surface area (TPSA) is 90.0 Å². The van der Waals surface area contributed by atoms with Crippen molar-refractivity contribution in [3.8, 4) is 11.5 Å². The molecular weight excluding hydrogens is 258 g/mol. The number of ether oxygens (including phenoxy) is 2. The fourth-order valence-corrected chi connectivity index (χ4v) is 1.72. The summed E-state index contributed by atoms with van der Waals surface area (Å²) in [4.78, 5) is 3.98. The lowest BCUT2D eigenvalue weighted by atomic mass is 10.2. The average molecular weight is 273 g/mol. The van der Waals surface area contributed by atoms with Crippen LogP contribution < -0.4 is 10.5 Å². The number of aromatic nitrogens is 1. The molecule has 0 radical (unpaired) electrons. The van der Waals surface area contributed by atoms with E-state index in [2.05, 4.69) is 10.1 Å². The lowest BCUT2D eigenvalue weighted by molar-refractivity contribution is 0.184. The summed E-state index contributed by atoms with van der Waals surface area (Å²) >= 11 is 0. The first-order valence-corrected chi connectivity index (χ1v) is 5.92. The highest BCUT2D eigenvalue weighted by Gasteiger charge is 2.09. The molecule has 3 N–H and O–H groups in total. The van der Waals surface area contributed by atoms with Gasteiger partial charge in [0.05, 0.1) is 18.4 Å². The van der Waals surface area contributed by atoms with E-state index in [1.165, 1.54) is 6.20 Å². The summed E-state index contributed by atoms with van der Waals surface area (Å²) in [5, 5.41) is 11.7. The van der Waals surface area contributed by atoms with Crippen LogP contribution in [0.5, 0.6) is 11.5 Å². The number of oxime groups is 1. The molecule has 20 heavy (non-hydrogen) atoms. The average Bonchev–Trinajstić information content (AvgIpc) is 2.48. The van der Waals surface area contributed by atoms with Crippen LogP contribution in [0.2, 0.25) is 0 Å². The van der Waals surface area contributed by atoms with E-state index in [1.54, 1.807) is 19.4 Å². The summed E-state index contributed by atoms with van der Waals surface area (Å²) in [5.41, 5.74) is 7.06. The zero-order valence-electron chi connectivity index (χ0n) is 11.0. The van der Waals surface area contributed by atoms with Gasteiger partial charge in [0.1, 0.15) is 5.75 Å². The molecule has 0 aliphatic heterocycles. The van der Waals surface area contributed by atoms with E-state index in [0.29, 0.717) is 23.7 Å². The van der Waals surface area contributed by atoms with E-state index in [9.17, 15) is 0 Å². The van der Waals surface area contributed by atoms with Crippen molar-refractivity contribution in [2.45, 2.75) is 6.61 Å². The summed E-state index contributed by atoms with van der Waals surface area (Å²) in [5.74, 6) is 1.01. The van der Waals surface area contributed by atoms with Crippen LogP contribution in [0.15, 0.2) is 47.9 Å². The van der Waals surface area contributed by atoms with Gasteiger partial charge in [0, 0.05) is 13.3 Å². The first kappa shape index (κ1) is 13.8. The highest BCUT2D eigenvalue weighted by atomic mass is 16.5. The Hall–Kier alpha value is -2.60. The molecule has 0 aliphatic rings. The van der Waals surface area contributed by atoms with Crippen molar-refractivity contribution in [2.24, 2.45) is 10.9 Å². The van der Waals surface area contributed by atoms with E-state index < -0.39 is 0 Å². The summed E-state index contributed by atoms with van der Waals surface area (Å²) in [7, 11) is 1.63. The largest absolute Gasteiger partial charge is 0.455 e. The van der Waals surface area contributed by atoms with Crippen LogP contribution in [0.4, 0.5) is 0 Å². The van der Waals surface area contributed by atoms with Gasteiger partial charge in [-0.1, -0.05) is 17.3 Å². The Kier molecular flexibility index (Phi) is 4.52. The number of hydrogen-bond acceptors (Lipinski definition) is 5. The van der Waals surface area contributed by atoms with Crippen molar-refractivity contribution in [1.29, 1.82) is 0 Å². The minimum absolute atomic E-state index is 0.0320. The quantitative estimate of drug-likeness (QED) is 0.377. The Labute approximate surface area is 116 Å². The molecule has 0 spiro atoms. The minimum atomic E-state index is -0.0320. The van der Waals surface area contributed by atoms with Gasteiger partial charge in [0.25, 0.3) is 0 Å². The number of pyridine rings is 1. The second-order valence-electron chi connectivity index (χ2n) is 4.04. The third kappa shape index (κ3) is 3.24. The van der Waals surface area contributed by atoms with Crippen LogP contribution in [-0.4, -0.2) is 23.1 Å². The summed E-state index contributed by atoms with van der Waals surface area (Å²) in [6.45, 7) is 0.497. The van der Waals surface area contributed by atoms with E-state index in [1.807, 2.05) is 24.3 Å². The van der Waals surface area contributed by atoms with Crippen LogP contribution in [0.25, 0.3) is 0 Å². The maximum atomic E-state index is 8.76. The fraction of sp³-hybridized carbons (Fsp3) is 0.143. The maximum Gasteiger partial charge on any atom is 0.173 e. The van der Waals surface area contributed by atoms with Crippen LogP contribution in [0, 0.1) is 0 Å². The molecule has 0 saturated carbocycles. The van der Waals surface area contributed by atoms with E-state index >= 15 is 0 Å². The first-order chi connectivity index (χ1) is 9.74. The minimum Gasteiger partial charge on any atom is -0.455 e. The Balaban J connectivity index is 2.28. The summed E-state index contributed by atoms with van der Waals surface area (Å²) in [6, 6.07) is 9.07. The molecule has 6 nitrogen and oxygen atoms in total. The van der Waals surface area contributed by atoms with Gasteiger partial charge >= 0.3 is 0 Å². The molecule has 0 unspecified atom stereocenters. The van der Waals surface area contributed by atoms with Crippen LogP contribution >= 0.6 is 0 Å². The van der Waals surface area contributed by atoms with Gasteiger partial charge in [-0.05, 0) is 23.8 Å². The number of methoxy groups -OCH3 is 1. The van der Waals surface area contributed by atoms with Crippen LogP contribution in [-0.2, 0) is 11.3 Å². The lowest BCUT2D eigenvalue weighted by Crippen LogP contribution is -2.14. The number of nitrogens with zero attached hydrogens (tertiary/aromatic N) is 2. The molecule has 1 aromatic carbocycles. The number of hydrogen-bond donors (Lipinski definition) is 2. The van der Waals surface area contributed by atoms with Crippen molar-refractivity contribution in [1.82, 2.24) is 4.98 Å². The van der Waals surface area contributed by atoms with Gasteiger partial charge in [0.2, 0.25) is 0 Å². The van der Waals surface area contributed by atoms with Crippen molar-refractivity contribution >= 4 is 5.84 Å². The standard InChI is InChI=1S/C14H15N3O3/c1-19-9-10-3-2-4-11(7-10)20-13-8-16-6-5-12(13)14(15)17-18/h2-8,18H,9H2,1H3,(H2,15,17). The Morgan fingerprint density at radius 1 is 1.40 bits per heavy atom. The number of nitrogens with two attached hydrogens (primary N) is 1. The van der Waals surface area contributed by atoms with E-state index in [4.69, 9.17) is 20.4 Å². The third-order valence-electron chi connectivity index (χ3n) is 2.61. The SMILES string of the molecule is COCc1cccc(Oc2cnccc2/C(N)=N/O)c1. The van der Waals surface area contributed by atoms with Crippen LogP contribution in [0.1, 0.15) is 11.1 Å². The van der Waals surface area contributed by atoms with Crippen molar-refractivity contribution in [3.63, 3.8) is 0 Å². The molecule has 0 amide bonds. The van der Waals surface area contributed by atoms with Crippen LogP contribution in [0.3, 0.4) is 0 Å². The smallest absolute Gasteiger partial charge is 0.173 e. The predicted molar refractivity (Wildman–Crippen MR) is 74.0 cm³/mol. The highest BCUT2D eigenvalue weighted by molar-refractivity contribution is 5.99. The molecule has 1 heterocycles. The Bertz CT molecular complexity index is 614. The fourth-order valence-electron chi connectivity index (χ4n) is 1.72. The molecule has 0 saturated heterocycles. The molecule has 2 aromatic rings. The summed E-state index contributed by atoms with van der Waals surface area (Å²) < 4.78 is 10.8. The highest BCUT2D eigenvalue weighted by Crippen LogP contribution is 2.25. The molecule has 1 aromatic heterocycles. The van der Waals surface area contributed by atoms with Crippen molar-refractivity contribution in [2.75, 3.05) is 7.11 Å². The molecule has 0 atom stereocenters. The van der Waals surface area contributed by atoms with Gasteiger partial charge in [-0.15, -0.1) is 0 Å². The monoisotopic (exact) mass is 273 g/mol. The molecular formula is C14H15N3O3. The normalized spacial score (nSPS) is 11.3. The Morgan fingerprint density at radius 2 is 2.25 bits per heavy atom. The predicted octanol–water partition coefficient (Wildman–Crippen LogP) is 2.11. The molecule has 6 heteroatoms. The van der Waals surface area contributed by atoms with Crippen molar-refractivity contribution < 1.29 is 14.7 Å². The maximum absolute atomic E-state index is 8.76. The lowest BCUT2D eigenvalue weighted by Gasteiger charge is -2.10.